The van der Waals surface area contributed by atoms with Crippen LogP contribution in [0.3, 0.4) is 0 Å². The average molecular weight is 367 g/mol. The van der Waals surface area contributed by atoms with Crippen molar-refractivity contribution in [1.82, 2.24) is 0 Å². The second-order valence-electron chi connectivity index (χ2n) is 10.1. The highest BCUT2D eigenvalue weighted by atomic mass is 32.2. The van der Waals surface area contributed by atoms with Gasteiger partial charge in [-0.3, -0.25) is 0 Å². The monoisotopic (exact) mass is 366 g/mol. The fourth-order valence-corrected chi connectivity index (χ4v) is 11.3. The van der Waals surface area contributed by atoms with Crippen molar-refractivity contribution in [3.8, 4) is 0 Å². The van der Waals surface area contributed by atoms with Gasteiger partial charge in [0.05, 0.1) is 10.2 Å². The van der Waals surface area contributed by atoms with E-state index in [1.807, 2.05) is 0 Å². The van der Waals surface area contributed by atoms with Gasteiger partial charge in [-0.05, 0) is 92.3 Å². The van der Waals surface area contributed by atoms with E-state index in [4.69, 9.17) is 0 Å². The van der Waals surface area contributed by atoms with E-state index in [0.717, 1.165) is 30.1 Å². The van der Waals surface area contributed by atoms with E-state index in [9.17, 15) is 5.11 Å². The molecule has 1 spiro atoms. The molecule has 0 aromatic rings. The van der Waals surface area contributed by atoms with Crippen molar-refractivity contribution in [3.63, 3.8) is 0 Å². The first kappa shape index (κ1) is 16.8. The lowest BCUT2D eigenvalue weighted by Gasteiger charge is -2.62. The van der Waals surface area contributed by atoms with Gasteiger partial charge in [0.2, 0.25) is 0 Å². The number of fused-ring (bicyclic) bond motifs is 5. The third-order valence-corrected chi connectivity index (χ3v) is 13.0. The normalized spacial score (nSPS) is 55.9. The minimum atomic E-state index is -0.0186. The highest BCUT2D eigenvalue weighted by molar-refractivity contribution is 8.21. The molecule has 5 rings (SSSR count). The van der Waals surface area contributed by atoms with Crippen LogP contribution in [0.1, 0.15) is 71.6 Å². The minimum absolute atomic E-state index is 0.0186. The largest absolute Gasteiger partial charge is 0.393 e. The van der Waals surface area contributed by atoms with Gasteiger partial charge < -0.3 is 5.11 Å². The first-order valence-corrected chi connectivity index (χ1v) is 12.4. The van der Waals surface area contributed by atoms with Crippen LogP contribution in [0.15, 0.2) is 0 Å². The Balaban J connectivity index is 1.41. The minimum Gasteiger partial charge on any atom is -0.393 e. The van der Waals surface area contributed by atoms with E-state index in [0.29, 0.717) is 9.49 Å². The second kappa shape index (κ2) is 5.58. The highest BCUT2D eigenvalue weighted by Gasteiger charge is 2.61. The SMILES string of the molecule is C[C@]12CCC3(C[C@H]1CC[C@@H]1[C@@H]2CC[C@]2(C)[C@@H](O)CC[C@@H]12)SCCS3. The van der Waals surface area contributed by atoms with Gasteiger partial charge in [-0.1, -0.05) is 13.8 Å². The molecule has 1 saturated heterocycles. The molecular weight excluding hydrogens is 332 g/mol. The Morgan fingerprint density at radius 2 is 1.54 bits per heavy atom. The number of aliphatic hydroxyl groups excluding tert-OH is 1. The number of thioether (sulfide) groups is 2. The molecule has 5 aliphatic rings. The molecule has 3 heteroatoms. The number of hydrogen-bond donors (Lipinski definition) is 1. The summed E-state index contributed by atoms with van der Waals surface area (Å²) < 4.78 is 0.601. The molecule has 24 heavy (non-hydrogen) atoms. The van der Waals surface area contributed by atoms with Gasteiger partial charge >= 0.3 is 0 Å². The summed E-state index contributed by atoms with van der Waals surface area (Å²) >= 11 is 4.59. The lowest BCUT2D eigenvalue weighted by molar-refractivity contribution is -0.121. The van der Waals surface area contributed by atoms with Gasteiger partial charge in [-0.15, -0.1) is 23.5 Å². The molecule has 7 atom stereocenters. The highest BCUT2D eigenvalue weighted by Crippen LogP contribution is 2.69. The summed E-state index contributed by atoms with van der Waals surface area (Å²) in [4.78, 5) is 0. The van der Waals surface area contributed by atoms with Crippen molar-refractivity contribution in [2.45, 2.75) is 81.8 Å². The summed E-state index contributed by atoms with van der Waals surface area (Å²) in [6.07, 6.45) is 12.4. The van der Waals surface area contributed by atoms with Gasteiger partial charge in [-0.2, -0.15) is 0 Å². The molecule has 1 heterocycles. The molecule has 1 N–H and O–H groups in total. The fraction of sp³-hybridized carbons (Fsp3) is 1.00. The molecule has 1 aliphatic heterocycles. The zero-order valence-corrected chi connectivity index (χ0v) is 17.1. The van der Waals surface area contributed by atoms with E-state index in [-0.39, 0.29) is 11.5 Å². The van der Waals surface area contributed by atoms with Crippen LogP contribution >= 0.6 is 23.5 Å². The molecule has 0 aromatic heterocycles. The molecule has 0 aromatic carbocycles. The molecule has 4 saturated carbocycles. The van der Waals surface area contributed by atoms with E-state index in [2.05, 4.69) is 37.4 Å². The second-order valence-corrected chi connectivity index (χ2v) is 13.3. The lowest BCUT2D eigenvalue weighted by Crippen LogP contribution is -2.55. The molecule has 0 amide bonds. The quantitative estimate of drug-likeness (QED) is 0.605. The first-order chi connectivity index (χ1) is 11.5. The standard InChI is InChI=1S/C21H34OS2/c1-19-9-10-21(23-11-12-24-21)13-14(19)3-4-15-16-5-6-18(22)20(16,2)8-7-17(15)19/h14-18,22H,3-13H2,1-2H3/t14-,15+,16+,17+,18+,19+,20+/m1/s1. The van der Waals surface area contributed by atoms with Crippen molar-refractivity contribution < 1.29 is 5.11 Å². The molecule has 0 unspecified atom stereocenters. The van der Waals surface area contributed by atoms with Gasteiger partial charge in [0.1, 0.15) is 0 Å². The molecule has 136 valence electrons. The Morgan fingerprint density at radius 3 is 2.33 bits per heavy atom. The van der Waals surface area contributed by atoms with Gasteiger partial charge in [0.25, 0.3) is 0 Å². The van der Waals surface area contributed by atoms with Gasteiger partial charge in [0, 0.05) is 11.5 Å². The van der Waals surface area contributed by atoms with E-state index in [1.165, 1.54) is 62.9 Å². The molecule has 1 nitrogen and oxygen atoms in total. The summed E-state index contributed by atoms with van der Waals surface area (Å²) in [5.41, 5.74) is 0.851. The van der Waals surface area contributed by atoms with Crippen LogP contribution in [0.2, 0.25) is 0 Å². The number of aliphatic hydroxyl groups is 1. The molecule has 0 radical (unpaired) electrons. The smallest absolute Gasteiger partial charge is 0.0614 e. The third kappa shape index (κ3) is 2.19. The zero-order chi connectivity index (χ0) is 16.6. The van der Waals surface area contributed by atoms with Crippen LogP contribution in [-0.2, 0) is 0 Å². The average Bonchev–Trinajstić information content (AvgIpc) is 3.14. The van der Waals surface area contributed by atoms with Crippen molar-refractivity contribution in [1.29, 1.82) is 0 Å². The molecule has 4 aliphatic carbocycles. The first-order valence-electron chi connectivity index (χ1n) is 10.4. The third-order valence-electron chi connectivity index (χ3n) is 9.43. The maximum absolute atomic E-state index is 10.6. The number of hydrogen-bond acceptors (Lipinski definition) is 3. The predicted molar refractivity (Wildman–Crippen MR) is 105 cm³/mol. The van der Waals surface area contributed by atoms with E-state index >= 15 is 0 Å². The van der Waals surface area contributed by atoms with Crippen molar-refractivity contribution in [2.75, 3.05) is 11.5 Å². The molecular formula is C21H34OS2. The Morgan fingerprint density at radius 1 is 0.792 bits per heavy atom. The maximum Gasteiger partial charge on any atom is 0.0614 e. The van der Waals surface area contributed by atoms with E-state index < -0.39 is 0 Å². The molecule has 0 bridgehead atoms. The van der Waals surface area contributed by atoms with Crippen molar-refractivity contribution in [3.05, 3.63) is 0 Å². The van der Waals surface area contributed by atoms with Crippen LogP contribution in [0.4, 0.5) is 0 Å². The Kier molecular flexibility index (Phi) is 3.91. The summed E-state index contributed by atoms with van der Waals surface area (Å²) in [5, 5.41) is 10.6. The van der Waals surface area contributed by atoms with Gasteiger partial charge in [-0.25, -0.2) is 0 Å². The molecule has 5 fully saturated rings. The summed E-state index contributed by atoms with van der Waals surface area (Å²) in [7, 11) is 0. The van der Waals surface area contributed by atoms with Crippen LogP contribution in [-0.4, -0.2) is 26.8 Å². The van der Waals surface area contributed by atoms with Crippen LogP contribution in [0.5, 0.6) is 0 Å². The Bertz CT molecular complexity index is 516. The van der Waals surface area contributed by atoms with Crippen LogP contribution < -0.4 is 0 Å². The summed E-state index contributed by atoms with van der Waals surface area (Å²) in [6, 6.07) is 0. The van der Waals surface area contributed by atoms with E-state index in [1.54, 1.807) is 0 Å². The Hall–Kier alpha value is 0.660. The van der Waals surface area contributed by atoms with Crippen molar-refractivity contribution in [2.24, 2.45) is 34.5 Å². The fourth-order valence-electron chi connectivity index (χ4n) is 7.93. The van der Waals surface area contributed by atoms with Crippen LogP contribution in [0.25, 0.3) is 0 Å². The van der Waals surface area contributed by atoms with Gasteiger partial charge in [0.15, 0.2) is 0 Å². The Labute approximate surface area is 156 Å². The van der Waals surface area contributed by atoms with Crippen molar-refractivity contribution >= 4 is 23.5 Å². The lowest BCUT2D eigenvalue weighted by atomic mass is 9.45. The van der Waals surface area contributed by atoms with Crippen LogP contribution in [0, 0.1) is 34.5 Å². The maximum atomic E-state index is 10.6. The topological polar surface area (TPSA) is 20.2 Å². The summed E-state index contributed by atoms with van der Waals surface area (Å²) in [5.74, 6) is 6.43. The predicted octanol–water partition coefficient (Wildman–Crippen LogP) is 5.57. The zero-order valence-electron chi connectivity index (χ0n) is 15.4. The summed E-state index contributed by atoms with van der Waals surface area (Å²) in [6.45, 7) is 5.10. The number of rotatable bonds is 0.